The number of amides is 1. The number of aryl methyl sites for hydroxylation is 1. The summed E-state index contributed by atoms with van der Waals surface area (Å²) >= 11 is 5.27. The molecule has 1 aromatic rings. The number of hydrogen-bond acceptors (Lipinski definition) is 3. The predicted molar refractivity (Wildman–Crippen MR) is 46.1 cm³/mol. The molecule has 0 spiro atoms. The van der Waals surface area contributed by atoms with E-state index in [2.05, 4.69) is 15.3 Å². The number of carbonyl (C=O) groups is 1. The Kier molecular flexibility index (Phi) is 2.99. The third kappa shape index (κ3) is 2.47. The van der Waals surface area contributed by atoms with Crippen molar-refractivity contribution in [3.63, 3.8) is 0 Å². The molecule has 12 heavy (non-hydrogen) atoms. The quantitative estimate of drug-likeness (QED) is 0.699. The third-order valence-electron chi connectivity index (χ3n) is 1.15. The summed E-state index contributed by atoms with van der Waals surface area (Å²) in [6.45, 7) is 1.87. The summed E-state index contributed by atoms with van der Waals surface area (Å²) in [4.78, 5) is 18.5. The van der Waals surface area contributed by atoms with Crippen molar-refractivity contribution in [1.82, 2.24) is 9.97 Å². The van der Waals surface area contributed by atoms with Gasteiger partial charge >= 0.3 is 0 Å². The summed E-state index contributed by atoms with van der Waals surface area (Å²) in [7, 11) is 0. The molecular weight excluding hydrogens is 178 g/mol. The van der Waals surface area contributed by atoms with Crippen molar-refractivity contribution in [1.29, 1.82) is 0 Å². The maximum absolute atomic E-state index is 10.7. The summed E-state index contributed by atoms with van der Waals surface area (Å²) in [5, 5.41) is 2.43. The Morgan fingerprint density at radius 3 is 2.67 bits per heavy atom. The van der Waals surface area contributed by atoms with Crippen LogP contribution < -0.4 is 5.32 Å². The van der Waals surface area contributed by atoms with Crippen LogP contribution in [0.15, 0.2) is 12.4 Å². The number of anilines is 1. The highest BCUT2D eigenvalue weighted by molar-refractivity contribution is 6.28. The van der Waals surface area contributed by atoms with Gasteiger partial charge in [-0.2, -0.15) is 0 Å². The summed E-state index contributed by atoms with van der Waals surface area (Å²) in [6, 6.07) is 0. The molecule has 4 nitrogen and oxygen atoms in total. The normalized spacial score (nSPS) is 9.50. The van der Waals surface area contributed by atoms with Crippen LogP contribution in [-0.2, 0) is 4.79 Å². The minimum absolute atomic E-state index is 0.0861. The van der Waals surface area contributed by atoms with Gasteiger partial charge in [-0.25, -0.2) is 9.97 Å². The van der Waals surface area contributed by atoms with E-state index in [0.717, 1.165) is 5.56 Å². The first-order valence-electron chi connectivity index (χ1n) is 3.37. The lowest BCUT2D eigenvalue weighted by Crippen LogP contribution is -2.14. The van der Waals surface area contributed by atoms with Gasteiger partial charge < -0.3 is 0 Å². The van der Waals surface area contributed by atoms with Gasteiger partial charge in [-0.05, 0) is 12.5 Å². The van der Waals surface area contributed by atoms with Gasteiger partial charge in [0.1, 0.15) is 5.88 Å². The van der Waals surface area contributed by atoms with Gasteiger partial charge in [0.15, 0.2) is 0 Å². The summed E-state index contributed by atoms with van der Waals surface area (Å²) in [5.74, 6) is -0.108. The minimum atomic E-state index is -0.305. The molecule has 0 atom stereocenters. The average molecular weight is 186 g/mol. The molecule has 0 unspecified atom stereocenters. The number of rotatable bonds is 2. The van der Waals surface area contributed by atoms with Crippen LogP contribution in [0.2, 0.25) is 0 Å². The fourth-order valence-corrected chi connectivity index (χ4v) is 0.682. The van der Waals surface area contributed by atoms with Gasteiger partial charge in [0.2, 0.25) is 11.9 Å². The largest absolute Gasteiger partial charge is 0.293 e. The molecule has 0 bridgehead atoms. The van der Waals surface area contributed by atoms with Crippen molar-refractivity contribution in [2.75, 3.05) is 11.2 Å². The van der Waals surface area contributed by atoms with Crippen molar-refractivity contribution in [2.45, 2.75) is 6.92 Å². The molecule has 0 saturated carbocycles. The molecule has 1 amide bonds. The second kappa shape index (κ2) is 4.01. The zero-order valence-electron chi connectivity index (χ0n) is 6.54. The third-order valence-corrected chi connectivity index (χ3v) is 1.40. The molecule has 1 aromatic heterocycles. The Hall–Kier alpha value is -1.16. The number of nitrogens with one attached hydrogen (secondary N) is 1. The molecule has 1 N–H and O–H groups in total. The van der Waals surface area contributed by atoms with E-state index in [9.17, 15) is 4.79 Å². The van der Waals surface area contributed by atoms with Gasteiger partial charge in [0.05, 0.1) is 0 Å². The molecule has 5 heteroatoms. The van der Waals surface area contributed by atoms with Crippen molar-refractivity contribution in [3.8, 4) is 0 Å². The van der Waals surface area contributed by atoms with E-state index in [1.54, 1.807) is 12.4 Å². The topological polar surface area (TPSA) is 54.9 Å². The Morgan fingerprint density at radius 1 is 1.58 bits per heavy atom. The van der Waals surface area contributed by atoms with Crippen molar-refractivity contribution in [2.24, 2.45) is 0 Å². The molecule has 64 valence electrons. The molecule has 0 radical (unpaired) electrons. The second-order valence-corrected chi connectivity index (χ2v) is 2.53. The molecule has 1 rings (SSSR count). The van der Waals surface area contributed by atoms with E-state index in [-0.39, 0.29) is 17.7 Å². The highest BCUT2D eigenvalue weighted by atomic mass is 35.5. The van der Waals surface area contributed by atoms with Crippen molar-refractivity contribution < 1.29 is 4.79 Å². The first-order valence-corrected chi connectivity index (χ1v) is 3.90. The molecular formula is C7H8ClN3O. The summed E-state index contributed by atoms with van der Waals surface area (Å²) < 4.78 is 0. The Morgan fingerprint density at radius 2 is 2.17 bits per heavy atom. The minimum Gasteiger partial charge on any atom is -0.293 e. The zero-order valence-corrected chi connectivity index (χ0v) is 7.30. The highest BCUT2D eigenvalue weighted by Crippen LogP contribution is 1.98. The number of nitrogens with zero attached hydrogens (tertiary/aromatic N) is 2. The standard InChI is InChI=1S/C7H8ClN3O/c1-5-3-9-7(10-4-5)11-6(12)2-8/h3-4H,2H2,1H3,(H,9,10,11,12). The Balaban J connectivity index is 2.64. The maximum atomic E-state index is 10.7. The van der Waals surface area contributed by atoms with Gasteiger partial charge in [-0.1, -0.05) is 0 Å². The van der Waals surface area contributed by atoms with Crippen molar-refractivity contribution >= 4 is 23.5 Å². The predicted octanol–water partition coefficient (Wildman–Crippen LogP) is 0.962. The summed E-state index contributed by atoms with van der Waals surface area (Å²) in [6.07, 6.45) is 3.24. The lowest BCUT2D eigenvalue weighted by atomic mass is 10.4. The number of alkyl halides is 1. The van der Waals surface area contributed by atoms with E-state index in [4.69, 9.17) is 11.6 Å². The fraction of sp³-hybridized carbons (Fsp3) is 0.286. The average Bonchev–Trinajstić information content (AvgIpc) is 2.09. The fourth-order valence-electron chi connectivity index (χ4n) is 0.615. The molecule has 0 aromatic carbocycles. The molecule has 0 fully saturated rings. The van der Waals surface area contributed by atoms with Crippen LogP contribution in [-0.4, -0.2) is 21.8 Å². The van der Waals surface area contributed by atoms with E-state index in [1.165, 1.54) is 0 Å². The monoisotopic (exact) mass is 185 g/mol. The van der Waals surface area contributed by atoms with Crippen LogP contribution in [0.4, 0.5) is 5.95 Å². The smallest absolute Gasteiger partial charge is 0.241 e. The number of halogens is 1. The van der Waals surface area contributed by atoms with Gasteiger partial charge in [0.25, 0.3) is 0 Å². The molecule has 1 heterocycles. The second-order valence-electron chi connectivity index (χ2n) is 2.27. The molecule has 0 saturated heterocycles. The van der Waals surface area contributed by atoms with Crippen LogP contribution >= 0.6 is 11.6 Å². The van der Waals surface area contributed by atoms with E-state index in [1.807, 2.05) is 6.92 Å². The van der Waals surface area contributed by atoms with E-state index in [0.29, 0.717) is 0 Å². The van der Waals surface area contributed by atoms with E-state index < -0.39 is 0 Å². The lowest BCUT2D eigenvalue weighted by Gasteiger charge is -1.99. The molecule has 0 aliphatic carbocycles. The first kappa shape index (κ1) is 8.93. The number of carbonyl (C=O) groups excluding carboxylic acids is 1. The Bertz CT molecular complexity index is 272. The Labute approximate surface area is 75.0 Å². The van der Waals surface area contributed by atoms with Gasteiger partial charge in [-0.15, -0.1) is 11.6 Å². The number of hydrogen-bond donors (Lipinski definition) is 1. The zero-order chi connectivity index (χ0) is 8.97. The molecule has 0 aliphatic heterocycles. The van der Waals surface area contributed by atoms with Crippen LogP contribution in [0, 0.1) is 6.92 Å². The van der Waals surface area contributed by atoms with E-state index >= 15 is 0 Å². The SMILES string of the molecule is Cc1cnc(NC(=O)CCl)nc1. The van der Waals surface area contributed by atoms with Crippen LogP contribution in [0.3, 0.4) is 0 Å². The maximum Gasteiger partial charge on any atom is 0.241 e. The van der Waals surface area contributed by atoms with Gasteiger partial charge in [0, 0.05) is 12.4 Å². The highest BCUT2D eigenvalue weighted by Gasteiger charge is 2.00. The summed E-state index contributed by atoms with van der Waals surface area (Å²) in [5.41, 5.74) is 0.943. The first-order chi connectivity index (χ1) is 5.72. The number of aromatic nitrogens is 2. The van der Waals surface area contributed by atoms with Crippen LogP contribution in [0.25, 0.3) is 0 Å². The van der Waals surface area contributed by atoms with Gasteiger partial charge in [-0.3, -0.25) is 10.1 Å². The van der Waals surface area contributed by atoms with Crippen LogP contribution in [0.5, 0.6) is 0 Å². The lowest BCUT2D eigenvalue weighted by molar-refractivity contribution is -0.114. The van der Waals surface area contributed by atoms with Crippen molar-refractivity contribution in [3.05, 3.63) is 18.0 Å². The van der Waals surface area contributed by atoms with Crippen LogP contribution in [0.1, 0.15) is 5.56 Å². The molecule has 0 aliphatic rings.